The molecule has 8 nitrogen and oxygen atoms in total. The summed E-state index contributed by atoms with van der Waals surface area (Å²) in [5, 5.41) is 8.11. The molecule has 0 saturated heterocycles. The van der Waals surface area contributed by atoms with E-state index in [-0.39, 0.29) is 35.7 Å². The summed E-state index contributed by atoms with van der Waals surface area (Å²) in [7, 11) is 1.33. The van der Waals surface area contributed by atoms with E-state index < -0.39 is 6.61 Å². The quantitative estimate of drug-likeness (QED) is 0.332. The fourth-order valence-corrected chi connectivity index (χ4v) is 2.48. The summed E-state index contributed by atoms with van der Waals surface area (Å²) < 4.78 is 39.3. The lowest BCUT2D eigenvalue weighted by atomic mass is 10.2. The molecule has 0 unspecified atom stereocenters. The van der Waals surface area contributed by atoms with Gasteiger partial charge in [0.15, 0.2) is 23.9 Å². The van der Waals surface area contributed by atoms with Crippen molar-refractivity contribution >= 4 is 17.4 Å². The van der Waals surface area contributed by atoms with Crippen LogP contribution in [0.5, 0.6) is 11.5 Å². The number of ether oxygens (including phenoxy) is 2. The van der Waals surface area contributed by atoms with Crippen molar-refractivity contribution in [2.75, 3.05) is 7.11 Å². The number of hydrogen-bond acceptors (Lipinski definition) is 7. The Labute approximate surface area is 168 Å². The number of hydrogen-bond donors (Lipinski definition) is 1. The van der Waals surface area contributed by atoms with Gasteiger partial charge in [-0.3, -0.25) is 0 Å². The van der Waals surface area contributed by atoms with Crippen molar-refractivity contribution < 1.29 is 27.6 Å². The molecular formula is C18H15ClF2N4O4. The smallest absolute Gasteiger partial charge is 0.387 e. The number of benzene rings is 2. The van der Waals surface area contributed by atoms with E-state index in [1.807, 2.05) is 0 Å². The van der Waals surface area contributed by atoms with Crippen LogP contribution in [-0.4, -0.2) is 29.7 Å². The summed E-state index contributed by atoms with van der Waals surface area (Å²) in [6.07, 6.45) is 0. The zero-order valence-electron chi connectivity index (χ0n) is 15.0. The van der Waals surface area contributed by atoms with Gasteiger partial charge in [-0.05, 0) is 30.3 Å². The molecule has 0 aliphatic carbocycles. The second-order valence-electron chi connectivity index (χ2n) is 5.52. The number of halogens is 3. The van der Waals surface area contributed by atoms with Crippen molar-refractivity contribution in [3.8, 4) is 22.9 Å². The number of oxime groups is 1. The first-order valence-electron chi connectivity index (χ1n) is 8.13. The van der Waals surface area contributed by atoms with E-state index in [9.17, 15) is 8.78 Å². The molecule has 0 fully saturated rings. The maximum Gasteiger partial charge on any atom is 0.387 e. The van der Waals surface area contributed by atoms with E-state index in [1.54, 1.807) is 24.3 Å². The molecule has 1 heterocycles. The minimum Gasteiger partial charge on any atom is -0.493 e. The normalized spacial score (nSPS) is 11.6. The van der Waals surface area contributed by atoms with Gasteiger partial charge in [0.25, 0.3) is 5.89 Å². The van der Waals surface area contributed by atoms with Crippen molar-refractivity contribution in [2.45, 2.75) is 13.2 Å². The maximum atomic E-state index is 12.4. The molecule has 3 aromatic rings. The standard InChI is InChI=1S/C18H15ClF2N4O4/c1-26-14-8-11(5-6-13(14)28-18(20)21)17-23-15(29-25-17)9-27-24-16(22)10-3-2-4-12(19)7-10/h2-8,18H,9H2,1H3,(H2,22,24). The van der Waals surface area contributed by atoms with Crippen LogP contribution in [0.3, 0.4) is 0 Å². The first-order valence-corrected chi connectivity index (χ1v) is 8.51. The van der Waals surface area contributed by atoms with Gasteiger partial charge in [0.1, 0.15) is 0 Å². The average molecular weight is 425 g/mol. The Kier molecular flexibility index (Phi) is 6.45. The Hall–Kier alpha value is -3.40. The summed E-state index contributed by atoms with van der Waals surface area (Å²) >= 11 is 5.90. The number of nitrogens with two attached hydrogens (primary N) is 1. The van der Waals surface area contributed by atoms with E-state index >= 15 is 0 Å². The molecular weight excluding hydrogens is 410 g/mol. The molecule has 11 heteroatoms. The van der Waals surface area contributed by atoms with E-state index in [1.165, 1.54) is 25.3 Å². The lowest BCUT2D eigenvalue weighted by Crippen LogP contribution is -2.13. The predicted octanol–water partition coefficient (Wildman–Crippen LogP) is 3.84. The van der Waals surface area contributed by atoms with Crippen LogP contribution in [-0.2, 0) is 11.4 Å². The highest BCUT2D eigenvalue weighted by Crippen LogP contribution is 2.32. The van der Waals surface area contributed by atoms with Gasteiger partial charge in [-0.25, -0.2) is 0 Å². The van der Waals surface area contributed by atoms with Gasteiger partial charge in [-0.1, -0.05) is 34.0 Å². The molecule has 0 saturated carbocycles. The summed E-state index contributed by atoms with van der Waals surface area (Å²) in [6.45, 7) is -3.10. The molecule has 0 spiro atoms. The van der Waals surface area contributed by atoms with Crippen molar-refractivity contribution in [3.05, 3.63) is 58.9 Å². The van der Waals surface area contributed by atoms with E-state index in [4.69, 9.17) is 31.4 Å². The van der Waals surface area contributed by atoms with Gasteiger partial charge in [-0.15, -0.1) is 0 Å². The molecule has 0 radical (unpaired) electrons. The van der Waals surface area contributed by atoms with Crippen LogP contribution in [0.15, 0.2) is 52.1 Å². The van der Waals surface area contributed by atoms with Gasteiger partial charge in [0.05, 0.1) is 7.11 Å². The van der Waals surface area contributed by atoms with Crippen LogP contribution in [0, 0.1) is 0 Å². The van der Waals surface area contributed by atoms with Crippen LogP contribution in [0.1, 0.15) is 11.5 Å². The van der Waals surface area contributed by atoms with Crippen molar-refractivity contribution in [1.82, 2.24) is 10.1 Å². The summed E-state index contributed by atoms with van der Waals surface area (Å²) in [6, 6.07) is 11.1. The maximum absolute atomic E-state index is 12.4. The average Bonchev–Trinajstić information content (AvgIpc) is 3.16. The summed E-state index contributed by atoms with van der Waals surface area (Å²) in [4.78, 5) is 9.28. The van der Waals surface area contributed by atoms with E-state index in [0.717, 1.165) is 0 Å². The molecule has 2 N–H and O–H groups in total. The summed E-state index contributed by atoms with van der Waals surface area (Å²) in [5.74, 6) is 0.465. The zero-order chi connectivity index (χ0) is 20.8. The Morgan fingerprint density at radius 3 is 2.79 bits per heavy atom. The number of methoxy groups -OCH3 is 1. The van der Waals surface area contributed by atoms with Gasteiger partial charge in [-0.2, -0.15) is 13.8 Å². The Morgan fingerprint density at radius 2 is 2.07 bits per heavy atom. The Morgan fingerprint density at radius 1 is 1.24 bits per heavy atom. The highest BCUT2D eigenvalue weighted by molar-refractivity contribution is 6.31. The first kappa shape index (κ1) is 20.3. The van der Waals surface area contributed by atoms with Gasteiger partial charge in [0, 0.05) is 16.1 Å². The molecule has 0 aliphatic heterocycles. The van der Waals surface area contributed by atoms with Crippen molar-refractivity contribution in [3.63, 3.8) is 0 Å². The lowest BCUT2D eigenvalue weighted by molar-refractivity contribution is -0.0512. The van der Waals surface area contributed by atoms with Crippen LogP contribution in [0.25, 0.3) is 11.4 Å². The van der Waals surface area contributed by atoms with Crippen LogP contribution < -0.4 is 15.2 Å². The number of amidine groups is 1. The van der Waals surface area contributed by atoms with Crippen molar-refractivity contribution in [1.29, 1.82) is 0 Å². The fourth-order valence-electron chi connectivity index (χ4n) is 2.29. The van der Waals surface area contributed by atoms with Crippen molar-refractivity contribution in [2.24, 2.45) is 10.9 Å². The molecule has 152 valence electrons. The zero-order valence-corrected chi connectivity index (χ0v) is 15.8. The van der Waals surface area contributed by atoms with Crippen LogP contribution in [0.4, 0.5) is 8.78 Å². The molecule has 0 amide bonds. The predicted molar refractivity (Wildman–Crippen MR) is 99.9 cm³/mol. The Bertz CT molecular complexity index is 1010. The first-order chi connectivity index (χ1) is 14.0. The third kappa shape index (κ3) is 5.32. The molecule has 1 aromatic heterocycles. The number of rotatable bonds is 8. The Balaban J connectivity index is 1.67. The fraction of sp³-hybridized carbons (Fsp3) is 0.167. The second kappa shape index (κ2) is 9.20. The SMILES string of the molecule is COc1cc(-c2noc(CO/N=C(/N)c3cccc(Cl)c3)n2)ccc1OC(F)F. The number of nitrogens with zero attached hydrogens (tertiary/aromatic N) is 3. The molecule has 2 aromatic carbocycles. The highest BCUT2D eigenvalue weighted by Gasteiger charge is 2.15. The van der Waals surface area contributed by atoms with Crippen LogP contribution in [0.2, 0.25) is 5.02 Å². The minimum absolute atomic E-state index is 0.101. The second-order valence-corrected chi connectivity index (χ2v) is 5.95. The number of alkyl halides is 2. The third-order valence-electron chi connectivity index (χ3n) is 3.58. The molecule has 3 rings (SSSR count). The molecule has 0 bridgehead atoms. The number of aromatic nitrogens is 2. The minimum atomic E-state index is -2.97. The molecule has 0 aliphatic rings. The highest BCUT2D eigenvalue weighted by atomic mass is 35.5. The largest absolute Gasteiger partial charge is 0.493 e. The van der Waals surface area contributed by atoms with Crippen LogP contribution >= 0.6 is 11.6 Å². The van der Waals surface area contributed by atoms with Gasteiger partial charge >= 0.3 is 6.61 Å². The topological polar surface area (TPSA) is 105 Å². The van der Waals surface area contributed by atoms with Gasteiger partial charge < -0.3 is 24.6 Å². The van der Waals surface area contributed by atoms with E-state index in [0.29, 0.717) is 16.1 Å². The van der Waals surface area contributed by atoms with Gasteiger partial charge in [0.2, 0.25) is 5.82 Å². The molecule has 29 heavy (non-hydrogen) atoms. The molecule has 0 atom stereocenters. The van der Waals surface area contributed by atoms with E-state index in [2.05, 4.69) is 20.0 Å². The third-order valence-corrected chi connectivity index (χ3v) is 3.81. The monoisotopic (exact) mass is 424 g/mol. The summed E-state index contributed by atoms with van der Waals surface area (Å²) in [5.41, 5.74) is 6.90. The lowest BCUT2D eigenvalue weighted by Gasteiger charge is -2.10.